The van der Waals surface area contributed by atoms with E-state index >= 15 is 0 Å². The molecule has 1 saturated heterocycles. The van der Waals surface area contributed by atoms with E-state index in [4.69, 9.17) is 0 Å². The van der Waals surface area contributed by atoms with E-state index in [1.165, 1.54) is 11.6 Å². The lowest BCUT2D eigenvalue weighted by atomic mass is 9.94. The van der Waals surface area contributed by atoms with Gasteiger partial charge in [0.2, 0.25) is 5.91 Å². The van der Waals surface area contributed by atoms with E-state index < -0.39 is 0 Å². The topological polar surface area (TPSA) is 36.4 Å². The number of halogens is 1. The molecule has 2 heterocycles. The summed E-state index contributed by atoms with van der Waals surface area (Å²) in [6, 6.07) is 17.9. The molecule has 0 bridgehead atoms. The molecule has 160 valence electrons. The van der Waals surface area contributed by atoms with Gasteiger partial charge in [-0.2, -0.15) is 0 Å². The smallest absolute Gasteiger partial charge is 0.226 e. The molecule has 31 heavy (non-hydrogen) atoms. The van der Waals surface area contributed by atoms with E-state index in [0.29, 0.717) is 24.0 Å². The first kappa shape index (κ1) is 20.0. The fourth-order valence-corrected chi connectivity index (χ4v) is 4.74. The third kappa shape index (κ3) is 4.14. The van der Waals surface area contributed by atoms with Crippen molar-refractivity contribution in [2.75, 3.05) is 18.0 Å². The lowest BCUT2D eigenvalue weighted by Crippen LogP contribution is -2.43. The van der Waals surface area contributed by atoms with Gasteiger partial charge in [0.1, 0.15) is 11.3 Å². The van der Waals surface area contributed by atoms with Crippen molar-refractivity contribution in [1.29, 1.82) is 0 Å². The van der Waals surface area contributed by atoms with Gasteiger partial charge in [-0.25, -0.2) is 9.37 Å². The summed E-state index contributed by atoms with van der Waals surface area (Å²) in [7, 11) is 0. The molecule has 0 atom stereocenters. The zero-order valence-corrected chi connectivity index (χ0v) is 17.9. The summed E-state index contributed by atoms with van der Waals surface area (Å²) in [5.41, 5.74) is 3.46. The van der Waals surface area contributed by atoms with E-state index in [1.54, 1.807) is 6.07 Å². The number of hydrogen-bond donors (Lipinski definition) is 0. The molecule has 0 N–H and O–H groups in total. The number of carbonyl (C=O) groups excluding carboxylic acids is 1. The number of benzene rings is 2. The number of pyridine rings is 1. The summed E-state index contributed by atoms with van der Waals surface area (Å²) in [5.74, 6) is 0.0767. The van der Waals surface area contributed by atoms with Crippen LogP contribution in [0.15, 0.2) is 54.6 Å². The lowest BCUT2D eigenvalue weighted by Gasteiger charge is -2.36. The summed E-state index contributed by atoms with van der Waals surface area (Å²) in [4.78, 5) is 22.2. The fourth-order valence-electron chi connectivity index (χ4n) is 4.74. The van der Waals surface area contributed by atoms with Crippen molar-refractivity contribution in [3.05, 3.63) is 71.7 Å². The van der Waals surface area contributed by atoms with Crippen LogP contribution in [-0.4, -0.2) is 34.9 Å². The highest BCUT2D eigenvalue weighted by Gasteiger charge is 2.37. The van der Waals surface area contributed by atoms with Crippen LogP contribution in [0.4, 0.5) is 10.1 Å². The van der Waals surface area contributed by atoms with E-state index in [2.05, 4.69) is 26.9 Å². The Bertz CT molecular complexity index is 1090. The van der Waals surface area contributed by atoms with E-state index in [0.717, 1.165) is 55.5 Å². The van der Waals surface area contributed by atoms with Crippen LogP contribution in [0.3, 0.4) is 0 Å². The molecule has 1 amide bonds. The van der Waals surface area contributed by atoms with Crippen LogP contribution in [0, 0.1) is 18.7 Å². The Labute approximate surface area is 182 Å². The van der Waals surface area contributed by atoms with Crippen molar-refractivity contribution in [2.45, 2.75) is 45.2 Å². The molecule has 0 unspecified atom stereocenters. The first-order valence-electron chi connectivity index (χ1n) is 11.3. The quantitative estimate of drug-likeness (QED) is 0.580. The van der Waals surface area contributed by atoms with Gasteiger partial charge < -0.3 is 9.80 Å². The molecule has 5 heteroatoms. The number of piperidine rings is 1. The number of para-hydroxylation sites is 1. The van der Waals surface area contributed by atoms with E-state index in [-0.39, 0.29) is 11.7 Å². The lowest BCUT2D eigenvalue weighted by molar-refractivity contribution is -0.137. The maximum atomic E-state index is 14.3. The maximum Gasteiger partial charge on any atom is 0.226 e. The van der Waals surface area contributed by atoms with Crippen LogP contribution < -0.4 is 4.90 Å². The Kier molecular flexibility index (Phi) is 5.34. The number of fused-ring (bicyclic) bond motifs is 1. The summed E-state index contributed by atoms with van der Waals surface area (Å²) < 4.78 is 14.3. The van der Waals surface area contributed by atoms with Crippen molar-refractivity contribution in [1.82, 2.24) is 9.88 Å². The minimum atomic E-state index is -0.284. The van der Waals surface area contributed by atoms with Crippen LogP contribution in [-0.2, 0) is 11.3 Å². The average molecular weight is 418 g/mol. The molecule has 1 aliphatic carbocycles. The normalized spacial score (nSPS) is 17.2. The Morgan fingerprint density at radius 2 is 1.81 bits per heavy atom. The van der Waals surface area contributed by atoms with Gasteiger partial charge >= 0.3 is 0 Å². The van der Waals surface area contributed by atoms with Gasteiger partial charge in [-0.05, 0) is 50.3 Å². The van der Waals surface area contributed by atoms with Gasteiger partial charge in [0, 0.05) is 48.4 Å². The highest BCUT2D eigenvalue weighted by Crippen LogP contribution is 2.34. The second-order valence-electron chi connectivity index (χ2n) is 8.86. The Hall–Kier alpha value is -2.95. The molecule has 0 spiro atoms. The van der Waals surface area contributed by atoms with Gasteiger partial charge in [0.15, 0.2) is 0 Å². The summed E-state index contributed by atoms with van der Waals surface area (Å²) in [5, 5.41) is 0.846. The molecule has 1 aliphatic heterocycles. The Morgan fingerprint density at radius 1 is 1.06 bits per heavy atom. The first-order valence-corrected chi connectivity index (χ1v) is 11.3. The predicted octanol–water partition coefficient (Wildman–Crippen LogP) is 5.09. The summed E-state index contributed by atoms with van der Waals surface area (Å²) in [6.07, 6.45) is 3.89. The average Bonchev–Trinajstić information content (AvgIpc) is 3.63. The molecular formula is C26H28FN3O. The third-order valence-electron chi connectivity index (χ3n) is 6.55. The number of rotatable bonds is 5. The number of nitrogens with zero attached hydrogens (tertiary/aromatic N) is 3. The van der Waals surface area contributed by atoms with Crippen LogP contribution in [0.25, 0.3) is 10.9 Å². The summed E-state index contributed by atoms with van der Waals surface area (Å²) in [6.45, 7) is 4.21. The molecule has 2 aliphatic rings. The molecule has 0 radical (unpaired) electrons. The molecule has 2 fully saturated rings. The largest absolute Gasteiger partial charge is 0.371 e. The molecule has 2 aromatic carbocycles. The van der Waals surface area contributed by atoms with Crippen molar-refractivity contribution < 1.29 is 9.18 Å². The number of aryl methyl sites for hydroxylation is 1. The second kappa shape index (κ2) is 8.29. The zero-order valence-electron chi connectivity index (χ0n) is 17.9. The van der Waals surface area contributed by atoms with Gasteiger partial charge in [-0.1, -0.05) is 42.5 Å². The van der Waals surface area contributed by atoms with E-state index in [1.807, 2.05) is 37.3 Å². The fraction of sp³-hybridized carbons (Fsp3) is 0.385. The second-order valence-corrected chi connectivity index (χ2v) is 8.86. The first-order chi connectivity index (χ1) is 15.1. The minimum Gasteiger partial charge on any atom is -0.371 e. The Balaban J connectivity index is 1.31. The number of aromatic nitrogens is 1. The van der Waals surface area contributed by atoms with Crippen molar-refractivity contribution in [3.8, 4) is 0 Å². The van der Waals surface area contributed by atoms with Crippen molar-refractivity contribution >= 4 is 22.5 Å². The van der Waals surface area contributed by atoms with Gasteiger partial charge in [-0.15, -0.1) is 0 Å². The predicted molar refractivity (Wildman–Crippen MR) is 121 cm³/mol. The molecular weight excluding hydrogens is 389 g/mol. The molecule has 1 aromatic heterocycles. The van der Waals surface area contributed by atoms with Crippen molar-refractivity contribution in [2.24, 2.45) is 5.92 Å². The molecule has 4 nitrogen and oxygen atoms in total. The van der Waals surface area contributed by atoms with Crippen molar-refractivity contribution in [3.63, 3.8) is 0 Å². The standard InChI is InChI=1S/C26H28FN3O/c1-18-16-24(22-8-5-9-23(27)25(22)28-18)29-14-12-20(13-15-29)26(31)30(21-10-11-21)17-19-6-3-2-4-7-19/h2-9,16,20-21H,10-15,17H2,1H3. The minimum absolute atomic E-state index is 0.0616. The highest BCUT2D eigenvalue weighted by atomic mass is 19.1. The molecule has 3 aromatic rings. The number of anilines is 1. The van der Waals surface area contributed by atoms with Gasteiger partial charge in [0.25, 0.3) is 0 Å². The Morgan fingerprint density at radius 3 is 2.52 bits per heavy atom. The van der Waals surface area contributed by atoms with Crippen LogP contribution >= 0.6 is 0 Å². The number of hydrogen-bond acceptors (Lipinski definition) is 3. The number of amides is 1. The third-order valence-corrected chi connectivity index (χ3v) is 6.55. The highest BCUT2D eigenvalue weighted by molar-refractivity contribution is 5.92. The monoisotopic (exact) mass is 417 g/mol. The van der Waals surface area contributed by atoms with Crippen LogP contribution in [0.2, 0.25) is 0 Å². The van der Waals surface area contributed by atoms with Crippen LogP contribution in [0.1, 0.15) is 36.9 Å². The molecule has 1 saturated carbocycles. The van der Waals surface area contributed by atoms with Gasteiger partial charge in [0.05, 0.1) is 0 Å². The SMILES string of the molecule is Cc1cc(N2CCC(C(=O)N(Cc3ccccc3)C3CC3)CC2)c2cccc(F)c2n1. The molecule has 5 rings (SSSR count). The van der Waals surface area contributed by atoms with Gasteiger partial charge in [-0.3, -0.25) is 4.79 Å². The number of carbonyl (C=O) groups is 1. The summed E-state index contributed by atoms with van der Waals surface area (Å²) >= 11 is 0. The zero-order chi connectivity index (χ0) is 21.4. The van der Waals surface area contributed by atoms with Crippen LogP contribution in [0.5, 0.6) is 0 Å². The van der Waals surface area contributed by atoms with E-state index in [9.17, 15) is 9.18 Å². The maximum absolute atomic E-state index is 14.3.